The number of nitrogens with zero attached hydrogens (tertiary/aromatic N) is 2. The van der Waals surface area contributed by atoms with Gasteiger partial charge in [0.15, 0.2) is 0 Å². The summed E-state index contributed by atoms with van der Waals surface area (Å²) in [5.41, 5.74) is 3.18. The maximum absolute atomic E-state index is 12.4. The van der Waals surface area contributed by atoms with E-state index in [9.17, 15) is 9.59 Å². The van der Waals surface area contributed by atoms with Gasteiger partial charge in [0.05, 0.1) is 5.69 Å². The van der Waals surface area contributed by atoms with E-state index >= 15 is 0 Å². The summed E-state index contributed by atoms with van der Waals surface area (Å²) in [6.45, 7) is 9.99. The molecule has 1 aliphatic heterocycles. The largest absolute Gasteiger partial charge is 0.348 e. The average Bonchev–Trinajstić information content (AvgIpc) is 2.50. The van der Waals surface area contributed by atoms with Crippen LogP contribution in [0.1, 0.15) is 44.7 Å². The van der Waals surface area contributed by atoms with Crippen LogP contribution < -0.4 is 10.3 Å². The van der Waals surface area contributed by atoms with Crippen LogP contribution in [-0.2, 0) is 9.59 Å². The zero-order chi connectivity index (χ0) is 17.1. The van der Waals surface area contributed by atoms with Crippen molar-refractivity contribution in [3.63, 3.8) is 0 Å². The third kappa shape index (κ3) is 3.97. The molecular weight excluding hydrogens is 290 g/mol. The molecule has 5 heteroatoms. The van der Waals surface area contributed by atoms with Crippen LogP contribution in [0.3, 0.4) is 0 Å². The second-order valence-corrected chi connectivity index (χ2v) is 6.55. The predicted molar refractivity (Wildman–Crippen MR) is 92.5 cm³/mol. The molecule has 1 unspecified atom stereocenters. The number of hydrogen-bond acceptors (Lipinski definition) is 3. The van der Waals surface area contributed by atoms with Gasteiger partial charge in [-0.25, -0.2) is 5.01 Å². The standard InChI is InChI=1S/C18H25N3O2/c1-11(2)14(5)19-18(23)15-8-9-17(22)21(20-15)16-10-12(3)6-7-13(16)4/h6-7,10-11,14H,8-9H2,1-5H3,(H,19,23). The molecule has 1 heterocycles. The molecule has 0 bridgehead atoms. The minimum absolute atomic E-state index is 0.0667. The van der Waals surface area contributed by atoms with Crippen molar-refractivity contribution < 1.29 is 9.59 Å². The van der Waals surface area contributed by atoms with Crippen LogP contribution in [0.25, 0.3) is 0 Å². The summed E-state index contributed by atoms with van der Waals surface area (Å²) < 4.78 is 0. The van der Waals surface area contributed by atoms with Gasteiger partial charge in [-0.15, -0.1) is 0 Å². The van der Waals surface area contributed by atoms with E-state index < -0.39 is 0 Å². The molecule has 0 saturated carbocycles. The minimum Gasteiger partial charge on any atom is -0.348 e. The summed E-state index contributed by atoms with van der Waals surface area (Å²) in [5, 5.41) is 8.67. The van der Waals surface area contributed by atoms with E-state index in [0.717, 1.165) is 16.8 Å². The lowest BCUT2D eigenvalue weighted by Gasteiger charge is -2.26. The maximum Gasteiger partial charge on any atom is 0.267 e. The minimum atomic E-state index is -0.186. The number of benzene rings is 1. The third-order valence-corrected chi connectivity index (χ3v) is 4.25. The zero-order valence-electron chi connectivity index (χ0n) is 14.5. The molecule has 23 heavy (non-hydrogen) atoms. The van der Waals surface area contributed by atoms with Crippen LogP contribution in [0.5, 0.6) is 0 Å². The molecule has 2 rings (SSSR count). The highest BCUT2D eigenvalue weighted by Gasteiger charge is 2.27. The second-order valence-electron chi connectivity index (χ2n) is 6.55. The van der Waals surface area contributed by atoms with Crippen LogP contribution in [0.2, 0.25) is 0 Å². The van der Waals surface area contributed by atoms with Gasteiger partial charge in [-0.1, -0.05) is 26.0 Å². The van der Waals surface area contributed by atoms with Gasteiger partial charge in [-0.2, -0.15) is 5.10 Å². The first-order valence-electron chi connectivity index (χ1n) is 8.08. The molecule has 1 atom stereocenters. The van der Waals surface area contributed by atoms with Gasteiger partial charge in [-0.05, 0) is 43.9 Å². The molecule has 0 radical (unpaired) electrons. The molecule has 0 spiro atoms. The summed E-state index contributed by atoms with van der Waals surface area (Å²) in [4.78, 5) is 24.6. The molecule has 124 valence electrons. The van der Waals surface area contributed by atoms with Crippen LogP contribution in [0, 0.1) is 19.8 Å². The van der Waals surface area contributed by atoms with Crippen molar-refractivity contribution in [1.29, 1.82) is 0 Å². The Labute approximate surface area is 137 Å². The van der Waals surface area contributed by atoms with Crippen LogP contribution in [-0.4, -0.2) is 23.6 Å². The van der Waals surface area contributed by atoms with Crippen molar-refractivity contribution in [2.75, 3.05) is 5.01 Å². The third-order valence-electron chi connectivity index (χ3n) is 4.25. The molecular formula is C18H25N3O2. The van der Waals surface area contributed by atoms with E-state index in [4.69, 9.17) is 0 Å². The van der Waals surface area contributed by atoms with Crippen LogP contribution in [0.15, 0.2) is 23.3 Å². The highest BCUT2D eigenvalue weighted by molar-refractivity contribution is 6.40. The Morgan fingerprint density at radius 2 is 1.91 bits per heavy atom. The topological polar surface area (TPSA) is 61.8 Å². The normalized spacial score (nSPS) is 16.3. The van der Waals surface area contributed by atoms with Crippen molar-refractivity contribution in [2.45, 2.75) is 53.5 Å². The van der Waals surface area contributed by atoms with Crippen molar-refractivity contribution in [3.8, 4) is 0 Å². The molecule has 0 aromatic heterocycles. The van der Waals surface area contributed by atoms with E-state index in [1.807, 2.05) is 39.0 Å². The Bertz CT molecular complexity index is 650. The first-order chi connectivity index (χ1) is 10.8. The Hall–Kier alpha value is -2.17. The Kier molecular flexibility index (Phi) is 5.19. The summed E-state index contributed by atoms with van der Waals surface area (Å²) in [5.74, 6) is 0.0843. The molecule has 1 aromatic carbocycles. The van der Waals surface area contributed by atoms with Gasteiger partial charge >= 0.3 is 0 Å². The lowest BCUT2D eigenvalue weighted by atomic mass is 10.1. The molecule has 1 N–H and O–H groups in total. The molecule has 2 amide bonds. The van der Waals surface area contributed by atoms with Gasteiger partial charge in [0.25, 0.3) is 5.91 Å². The number of carbonyl (C=O) groups excluding carboxylic acids is 2. The number of hydrogen-bond donors (Lipinski definition) is 1. The number of hydrazone groups is 1. The lowest BCUT2D eigenvalue weighted by molar-refractivity contribution is -0.119. The first-order valence-corrected chi connectivity index (χ1v) is 8.08. The van der Waals surface area contributed by atoms with E-state index in [-0.39, 0.29) is 17.9 Å². The predicted octanol–water partition coefficient (Wildman–Crippen LogP) is 2.95. The Balaban J connectivity index is 2.28. The monoisotopic (exact) mass is 315 g/mol. The van der Waals surface area contributed by atoms with Crippen molar-refractivity contribution in [3.05, 3.63) is 29.3 Å². The zero-order valence-corrected chi connectivity index (χ0v) is 14.5. The number of nitrogens with one attached hydrogen (secondary N) is 1. The fraction of sp³-hybridized carbons (Fsp3) is 0.500. The van der Waals surface area contributed by atoms with E-state index in [1.165, 1.54) is 5.01 Å². The van der Waals surface area contributed by atoms with Gasteiger partial charge in [-0.3, -0.25) is 9.59 Å². The van der Waals surface area contributed by atoms with Crippen LogP contribution >= 0.6 is 0 Å². The molecule has 0 fully saturated rings. The van der Waals surface area contributed by atoms with Gasteiger partial charge in [0.2, 0.25) is 5.91 Å². The fourth-order valence-electron chi connectivity index (χ4n) is 2.31. The van der Waals surface area contributed by atoms with Gasteiger partial charge in [0, 0.05) is 18.9 Å². The van der Waals surface area contributed by atoms with Crippen molar-refractivity contribution in [2.24, 2.45) is 11.0 Å². The highest BCUT2D eigenvalue weighted by Crippen LogP contribution is 2.25. The summed E-state index contributed by atoms with van der Waals surface area (Å²) in [7, 11) is 0. The highest BCUT2D eigenvalue weighted by atomic mass is 16.2. The quantitative estimate of drug-likeness (QED) is 0.928. The second kappa shape index (κ2) is 6.94. The molecule has 5 nitrogen and oxygen atoms in total. The smallest absolute Gasteiger partial charge is 0.267 e. The molecule has 1 aromatic rings. The van der Waals surface area contributed by atoms with Crippen molar-refractivity contribution in [1.82, 2.24) is 5.32 Å². The fourth-order valence-corrected chi connectivity index (χ4v) is 2.31. The summed E-state index contributed by atoms with van der Waals surface area (Å²) in [6, 6.07) is 5.95. The van der Waals surface area contributed by atoms with E-state index in [0.29, 0.717) is 24.5 Å². The van der Waals surface area contributed by atoms with Gasteiger partial charge in [0.1, 0.15) is 5.71 Å². The number of aryl methyl sites for hydroxylation is 2. The number of amides is 2. The van der Waals surface area contributed by atoms with E-state index in [2.05, 4.69) is 24.3 Å². The lowest BCUT2D eigenvalue weighted by Crippen LogP contribution is -2.43. The summed E-state index contributed by atoms with van der Waals surface area (Å²) in [6.07, 6.45) is 0.687. The number of carbonyl (C=O) groups is 2. The van der Waals surface area contributed by atoms with Crippen molar-refractivity contribution >= 4 is 23.2 Å². The Morgan fingerprint density at radius 3 is 2.57 bits per heavy atom. The molecule has 1 aliphatic rings. The SMILES string of the molecule is Cc1ccc(C)c(N2N=C(C(=O)NC(C)C(C)C)CCC2=O)c1. The van der Waals surface area contributed by atoms with Gasteiger partial charge < -0.3 is 5.32 Å². The maximum atomic E-state index is 12.4. The molecule has 0 saturated heterocycles. The average molecular weight is 315 g/mol. The molecule has 0 aliphatic carbocycles. The first kappa shape index (κ1) is 17.2. The Morgan fingerprint density at radius 1 is 1.22 bits per heavy atom. The van der Waals surface area contributed by atoms with Crippen LogP contribution in [0.4, 0.5) is 5.69 Å². The van der Waals surface area contributed by atoms with E-state index in [1.54, 1.807) is 0 Å². The number of rotatable bonds is 4. The summed E-state index contributed by atoms with van der Waals surface area (Å²) >= 11 is 0. The number of anilines is 1.